The third-order valence-corrected chi connectivity index (χ3v) is 3.87. The molecule has 0 N–H and O–H groups in total. The van der Waals surface area contributed by atoms with Crippen molar-refractivity contribution in [2.24, 2.45) is 0 Å². The summed E-state index contributed by atoms with van der Waals surface area (Å²) in [6, 6.07) is 0.691. The molecule has 1 aliphatic heterocycles. The van der Waals surface area contributed by atoms with Crippen molar-refractivity contribution in [2.75, 3.05) is 11.4 Å². The maximum Gasteiger partial charge on any atom is 0.185 e. The third kappa shape index (κ3) is 1.70. The fourth-order valence-corrected chi connectivity index (χ4v) is 2.79. The summed E-state index contributed by atoms with van der Waals surface area (Å²) in [7, 11) is 0. The van der Waals surface area contributed by atoms with Gasteiger partial charge in [0.15, 0.2) is 5.13 Å². The van der Waals surface area contributed by atoms with Crippen LogP contribution in [0.4, 0.5) is 5.13 Å². The van der Waals surface area contributed by atoms with Gasteiger partial charge >= 0.3 is 0 Å². The highest BCUT2D eigenvalue weighted by Gasteiger charge is 2.22. The molecule has 13 heavy (non-hydrogen) atoms. The normalized spacial score (nSPS) is 22.6. The van der Waals surface area contributed by atoms with E-state index in [2.05, 4.69) is 23.7 Å². The topological polar surface area (TPSA) is 16.1 Å². The molecular weight excluding hydrogens is 180 g/mol. The molecule has 1 unspecified atom stereocenters. The van der Waals surface area contributed by atoms with Gasteiger partial charge in [-0.15, -0.1) is 11.3 Å². The van der Waals surface area contributed by atoms with Crippen LogP contribution in [-0.4, -0.2) is 17.6 Å². The maximum atomic E-state index is 4.46. The second kappa shape index (κ2) is 3.66. The minimum atomic E-state index is 0.691. The van der Waals surface area contributed by atoms with Gasteiger partial charge in [-0.25, -0.2) is 4.98 Å². The minimum Gasteiger partial charge on any atom is -0.345 e. The Hall–Kier alpha value is -0.570. The molecule has 72 valence electrons. The van der Waals surface area contributed by atoms with Gasteiger partial charge in [0, 0.05) is 23.7 Å². The zero-order valence-electron chi connectivity index (χ0n) is 8.29. The first kappa shape index (κ1) is 9.00. The Kier molecular flexibility index (Phi) is 2.54. The predicted molar refractivity (Wildman–Crippen MR) is 57.5 cm³/mol. The first-order chi connectivity index (χ1) is 6.31. The Bertz CT molecular complexity index is 282. The standard InChI is InChI=1S/C10H16N2S/c1-3-9-7-11-10(13-9)12-6-4-5-8(12)2/h7-8H,3-6H2,1-2H3. The second-order valence-corrected chi connectivity index (χ2v) is 4.74. The zero-order chi connectivity index (χ0) is 9.26. The van der Waals surface area contributed by atoms with Crippen LogP contribution < -0.4 is 4.90 Å². The van der Waals surface area contributed by atoms with Gasteiger partial charge in [0.1, 0.15) is 0 Å². The van der Waals surface area contributed by atoms with E-state index in [9.17, 15) is 0 Å². The summed E-state index contributed by atoms with van der Waals surface area (Å²) in [6.45, 7) is 5.67. The quantitative estimate of drug-likeness (QED) is 0.723. The van der Waals surface area contributed by atoms with Gasteiger partial charge in [0.05, 0.1) is 0 Å². The van der Waals surface area contributed by atoms with Crippen LogP contribution >= 0.6 is 11.3 Å². The number of aryl methyl sites for hydroxylation is 1. The molecular formula is C10H16N2S. The van der Waals surface area contributed by atoms with Crippen molar-refractivity contribution in [1.82, 2.24) is 4.98 Å². The second-order valence-electron chi connectivity index (χ2n) is 3.65. The molecule has 2 heterocycles. The van der Waals surface area contributed by atoms with Crippen molar-refractivity contribution in [3.05, 3.63) is 11.1 Å². The molecule has 1 atom stereocenters. The molecule has 2 nitrogen and oxygen atoms in total. The maximum absolute atomic E-state index is 4.46. The van der Waals surface area contributed by atoms with Gasteiger partial charge in [-0.1, -0.05) is 6.92 Å². The van der Waals surface area contributed by atoms with Gasteiger partial charge in [-0.2, -0.15) is 0 Å². The summed E-state index contributed by atoms with van der Waals surface area (Å²) in [5.41, 5.74) is 0. The van der Waals surface area contributed by atoms with Crippen molar-refractivity contribution in [3.8, 4) is 0 Å². The highest BCUT2D eigenvalue weighted by molar-refractivity contribution is 7.15. The lowest BCUT2D eigenvalue weighted by atomic mass is 10.2. The molecule has 0 aromatic carbocycles. The summed E-state index contributed by atoms with van der Waals surface area (Å²) >= 11 is 1.85. The lowest BCUT2D eigenvalue weighted by molar-refractivity contribution is 0.733. The summed E-state index contributed by atoms with van der Waals surface area (Å²) in [5, 5.41) is 1.22. The van der Waals surface area contributed by atoms with E-state index in [1.807, 2.05) is 17.5 Å². The van der Waals surface area contributed by atoms with Crippen LogP contribution in [0.25, 0.3) is 0 Å². The van der Waals surface area contributed by atoms with Crippen LogP contribution in [0.1, 0.15) is 31.6 Å². The molecule has 0 saturated carbocycles. The van der Waals surface area contributed by atoms with Gasteiger partial charge in [0.2, 0.25) is 0 Å². The van der Waals surface area contributed by atoms with E-state index in [1.54, 1.807) is 0 Å². The molecule has 0 aliphatic carbocycles. The van der Waals surface area contributed by atoms with Crippen LogP contribution in [0.15, 0.2) is 6.20 Å². The Balaban J connectivity index is 2.15. The van der Waals surface area contributed by atoms with Crippen LogP contribution in [0.5, 0.6) is 0 Å². The highest BCUT2D eigenvalue weighted by atomic mass is 32.1. The molecule has 1 aliphatic rings. The number of aromatic nitrogens is 1. The largest absolute Gasteiger partial charge is 0.345 e. The number of anilines is 1. The van der Waals surface area contributed by atoms with Crippen LogP contribution in [0, 0.1) is 0 Å². The van der Waals surface area contributed by atoms with E-state index >= 15 is 0 Å². The van der Waals surface area contributed by atoms with Gasteiger partial charge in [0.25, 0.3) is 0 Å². The molecule has 2 rings (SSSR count). The Labute approximate surface area is 83.6 Å². The predicted octanol–water partition coefficient (Wildman–Crippen LogP) is 2.69. The molecule has 1 aromatic rings. The van der Waals surface area contributed by atoms with E-state index in [1.165, 1.54) is 29.4 Å². The summed E-state index contributed by atoms with van der Waals surface area (Å²) in [4.78, 5) is 8.30. The minimum absolute atomic E-state index is 0.691. The average molecular weight is 196 g/mol. The number of nitrogens with zero attached hydrogens (tertiary/aromatic N) is 2. The molecule has 0 spiro atoms. The fraction of sp³-hybridized carbons (Fsp3) is 0.700. The lowest BCUT2D eigenvalue weighted by Crippen LogP contribution is -2.25. The highest BCUT2D eigenvalue weighted by Crippen LogP contribution is 2.29. The summed E-state index contributed by atoms with van der Waals surface area (Å²) in [5.74, 6) is 0. The number of thiazole rings is 1. The van der Waals surface area contributed by atoms with E-state index in [0.717, 1.165) is 6.42 Å². The molecule has 0 radical (unpaired) electrons. The lowest BCUT2D eigenvalue weighted by Gasteiger charge is -2.19. The molecule has 1 saturated heterocycles. The molecule has 0 bridgehead atoms. The summed E-state index contributed by atoms with van der Waals surface area (Å²) < 4.78 is 0. The Morgan fingerprint density at radius 3 is 3.08 bits per heavy atom. The van der Waals surface area contributed by atoms with Gasteiger partial charge < -0.3 is 4.90 Å². The van der Waals surface area contributed by atoms with Gasteiger partial charge in [-0.05, 0) is 26.2 Å². The Morgan fingerprint density at radius 1 is 1.69 bits per heavy atom. The first-order valence-electron chi connectivity index (χ1n) is 5.02. The summed E-state index contributed by atoms with van der Waals surface area (Å²) in [6.07, 6.45) is 5.77. The van der Waals surface area contributed by atoms with Crippen LogP contribution in [0.2, 0.25) is 0 Å². The molecule has 1 fully saturated rings. The van der Waals surface area contributed by atoms with Crippen LogP contribution in [-0.2, 0) is 6.42 Å². The van der Waals surface area contributed by atoms with Crippen molar-refractivity contribution >= 4 is 16.5 Å². The van der Waals surface area contributed by atoms with E-state index in [-0.39, 0.29) is 0 Å². The van der Waals surface area contributed by atoms with Crippen molar-refractivity contribution < 1.29 is 0 Å². The van der Waals surface area contributed by atoms with Crippen LogP contribution in [0.3, 0.4) is 0 Å². The number of rotatable bonds is 2. The van der Waals surface area contributed by atoms with Crippen molar-refractivity contribution in [2.45, 2.75) is 39.2 Å². The van der Waals surface area contributed by atoms with E-state index < -0.39 is 0 Å². The zero-order valence-corrected chi connectivity index (χ0v) is 9.10. The van der Waals surface area contributed by atoms with Crippen molar-refractivity contribution in [3.63, 3.8) is 0 Å². The first-order valence-corrected chi connectivity index (χ1v) is 5.84. The monoisotopic (exact) mass is 196 g/mol. The van der Waals surface area contributed by atoms with E-state index in [0.29, 0.717) is 6.04 Å². The Morgan fingerprint density at radius 2 is 2.54 bits per heavy atom. The molecule has 3 heteroatoms. The van der Waals surface area contributed by atoms with Crippen molar-refractivity contribution in [1.29, 1.82) is 0 Å². The smallest absolute Gasteiger partial charge is 0.185 e. The SMILES string of the molecule is CCc1cnc(N2CCCC2C)s1. The number of hydrogen-bond donors (Lipinski definition) is 0. The molecule has 0 amide bonds. The van der Waals surface area contributed by atoms with E-state index in [4.69, 9.17) is 0 Å². The van der Waals surface area contributed by atoms with Gasteiger partial charge in [-0.3, -0.25) is 0 Å². The average Bonchev–Trinajstić information content (AvgIpc) is 2.71. The fourth-order valence-electron chi connectivity index (χ4n) is 1.81. The third-order valence-electron chi connectivity index (χ3n) is 2.69. The molecule has 1 aromatic heterocycles. The number of hydrogen-bond acceptors (Lipinski definition) is 3.